The number of rotatable bonds is 5. The number of hydrogen-bond donors (Lipinski definition) is 1. The molecule has 0 aliphatic carbocycles. The van der Waals surface area contributed by atoms with Gasteiger partial charge in [-0.05, 0) is 28.4 Å². The first-order chi connectivity index (χ1) is 9.35. The number of anilines is 1. The lowest BCUT2D eigenvalue weighted by atomic mass is 10.1. The van der Waals surface area contributed by atoms with Gasteiger partial charge in [0.15, 0.2) is 6.34 Å². The zero-order chi connectivity index (χ0) is 13.5. The number of hydrogen-bond acceptors (Lipinski definition) is 4. The van der Waals surface area contributed by atoms with Gasteiger partial charge in [-0.1, -0.05) is 36.4 Å². The monoisotopic (exact) mass is 255 g/mol. The Hall–Kier alpha value is -2.69. The number of benzene rings is 2. The predicted octanol–water partition coefficient (Wildman–Crippen LogP) is 3.48. The summed E-state index contributed by atoms with van der Waals surface area (Å²) in [5.41, 5.74) is 5.51. The number of ether oxygens (including phenoxy) is 1. The maximum Gasteiger partial charge on any atom is 0.180 e. The topological polar surface area (TPSA) is 63.0 Å². The summed E-state index contributed by atoms with van der Waals surface area (Å²) in [5, 5.41) is 6.21. The Morgan fingerprint density at radius 3 is 2.58 bits per heavy atom. The van der Waals surface area contributed by atoms with Crippen LogP contribution in [0.1, 0.15) is 0 Å². The molecule has 0 bridgehead atoms. The van der Waals surface area contributed by atoms with Crippen LogP contribution in [-0.4, -0.2) is 13.4 Å². The highest BCUT2D eigenvalue weighted by Gasteiger charge is 2.04. The Morgan fingerprint density at radius 1 is 1.11 bits per heavy atom. The Morgan fingerprint density at radius 2 is 1.89 bits per heavy atom. The molecule has 0 spiro atoms. The van der Waals surface area contributed by atoms with Crippen molar-refractivity contribution < 1.29 is 4.74 Å². The molecule has 19 heavy (non-hydrogen) atoms. The van der Waals surface area contributed by atoms with Gasteiger partial charge in [0.25, 0.3) is 0 Å². The zero-order valence-electron chi connectivity index (χ0n) is 10.4. The second kappa shape index (κ2) is 6.30. The number of nitrogens with zero attached hydrogens (tertiary/aromatic N) is 2. The van der Waals surface area contributed by atoms with Gasteiger partial charge in [-0.3, -0.25) is 5.43 Å². The van der Waals surface area contributed by atoms with E-state index >= 15 is 0 Å². The van der Waals surface area contributed by atoms with E-state index in [1.807, 2.05) is 48.5 Å². The van der Waals surface area contributed by atoms with Crippen LogP contribution in [0, 0.1) is 4.91 Å². The van der Waals surface area contributed by atoms with Crippen LogP contribution in [0.2, 0.25) is 0 Å². The van der Waals surface area contributed by atoms with Crippen molar-refractivity contribution in [2.45, 2.75) is 0 Å². The lowest BCUT2D eigenvalue weighted by molar-refractivity contribution is 0.416. The molecule has 0 atom stereocenters. The van der Waals surface area contributed by atoms with E-state index in [-0.39, 0.29) is 0 Å². The van der Waals surface area contributed by atoms with Crippen molar-refractivity contribution in [2.24, 2.45) is 10.3 Å². The quantitative estimate of drug-likeness (QED) is 0.385. The average Bonchev–Trinajstić information content (AvgIpc) is 2.48. The van der Waals surface area contributed by atoms with Crippen molar-refractivity contribution in [1.29, 1.82) is 0 Å². The highest BCUT2D eigenvalue weighted by atomic mass is 16.5. The molecule has 5 heteroatoms. The molecule has 96 valence electrons. The van der Waals surface area contributed by atoms with Crippen LogP contribution in [0.5, 0.6) is 5.75 Å². The zero-order valence-corrected chi connectivity index (χ0v) is 10.4. The molecule has 0 saturated carbocycles. The molecule has 0 aliphatic rings. The third kappa shape index (κ3) is 3.16. The second-order valence-electron chi connectivity index (χ2n) is 3.74. The lowest BCUT2D eigenvalue weighted by Crippen LogP contribution is -1.94. The predicted molar refractivity (Wildman–Crippen MR) is 76.3 cm³/mol. The first-order valence-corrected chi connectivity index (χ1v) is 5.68. The fourth-order valence-electron chi connectivity index (χ4n) is 1.73. The summed E-state index contributed by atoms with van der Waals surface area (Å²) in [6.07, 6.45) is 0.897. The van der Waals surface area contributed by atoms with Crippen molar-refractivity contribution in [3.8, 4) is 16.9 Å². The standard InChI is InChI=1S/C14H13N3O2/c1-19-14-8-7-12(11-5-3-2-4-6-11)9-13(14)17-15-10-16-18/h2-10,17H,1H3/b15-10+. The lowest BCUT2D eigenvalue weighted by Gasteiger charge is -2.10. The molecule has 0 aliphatic heterocycles. The van der Waals surface area contributed by atoms with Crippen LogP contribution in [-0.2, 0) is 0 Å². The molecular formula is C14H13N3O2. The summed E-state index contributed by atoms with van der Waals surface area (Å²) in [4.78, 5) is 9.97. The molecule has 0 saturated heterocycles. The highest BCUT2D eigenvalue weighted by molar-refractivity contribution is 5.72. The minimum atomic E-state index is 0.641. The van der Waals surface area contributed by atoms with Crippen molar-refractivity contribution in [3.63, 3.8) is 0 Å². The maximum atomic E-state index is 9.97. The molecule has 0 aromatic heterocycles. The van der Waals surface area contributed by atoms with Crippen LogP contribution in [0.15, 0.2) is 58.8 Å². The van der Waals surface area contributed by atoms with E-state index in [1.165, 1.54) is 0 Å². The molecule has 2 aromatic carbocycles. The molecular weight excluding hydrogens is 242 g/mol. The van der Waals surface area contributed by atoms with Gasteiger partial charge in [-0.15, -0.1) is 4.91 Å². The average molecular weight is 255 g/mol. The number of nitroso groups, excluding NO2 is 1. The Labute approximate surface area is 110 Å². The fourth-order valence-corrected chi connectivity index (χ4v) is 1.73. The molecule has 2 aromatic rings. The van der Waals surface area contributed by atoms with E-state index in [1.54, 1.807) is 7.11 Å². The van der Waals surface area contributed by atoms with E-state index in [9.17, 15) is 4.91 Å². The summed E-state index contributed by atoms with van der Waals surface area (Å²) in [6.45, 7) is 0. The molecule has 2 rings (SSSR count). The van der Waals surface area contributed by atoms with Crippen molar-refractivity contribution in [2.75, 3.05) is 12.5 Å². The van der Waals surface area contributed by atoms with E-state index in [0.29, 0.717) is 11.4 Å². The summed E-state index contributed by atoms with van der Waals surface area (Å²) in [5.74, 6) is 0.641. The van der Waals surface area contributed by atoms with E-state index in [0.717, 1.165) is 17.5 Å². The molecule has 1 N–H and O–H groups in total. The van der Waals surface area contributed by atoms with Crippen molar-refractivity contribution in [3.05, 3.63) is 53.4 Å². The van der Waals surface area contributed by atoms with Crippen molar-refractivity contribution in [1.82, 2.24) is 0 Å². The summed E-state index contributed by atoms with van der Waals surface area (Å²) in [6, 6.07) is 15.6. The van der Waals surface area contributed by atoms with Gasteiger partial charge >= 0.3 is 0 Å². The molecule has 0 heterocycles. The number of hydrazone groups is 1. The SMILES string of the molecule is COc1ccc(-c2ccccc2)cc1N/N=C/N=O. The van der Waals surface area contributed by atoms with Crippen LogP contribution >= 0.6 is 0 Å². The van der Waals surface area contributed by atoms with Gasteiger partial charge in [-0.2, -0.15) is 5.10 Å². The van der Waals surface area contributed by atoms with Gasteiger partial charge < -0.3 is 4.74 Å². The van der Waals surface area contributed by atoms with Crippen LogP contribution < -0.4 is 10.2 Å². The minimum Gasteiger partial charge on any atom is -0.495 e. The summed E-state index contributed by atoms with van der Waals surface area (Å²) >= 11 is 0. The first-order valence-electron chi connectivity index (χ1n) is 5.68. The largest absolute Gasteiger partial charge is 0.495 e. The van der Waals surface area contributed by atoms with Crippen LogP contribution in [0.4, 0.5) is 5.69 Å². The van der Waals surface area contributed by atoms with Gasteiger partial charge in [0.05, 0.1) is 12.8 Å². The minimum absolute atomic E-state index is 0.641. The summed E-state index contributed by atoms with van der Waals surface area (Å²) < 4.78 is 5.22. The maximum absolute atomic E-state index is 9.97. The molecule has 0 unspecified atom stereocenters. The summed E-state index contributed by atoms with van der Waals surface area (Å²) in [7, 11) is 1.57. The molecule has 0 radical (unpaired) electrons. The van der Waals surface area contributed by atoms with Gasteiger partial charge in [-0.25, -0.2) is 0 Å². The van der Waals surface area contributed by atoms with Crippen LogP contribution in [0.3, 0.4) is 0 Å². The first kappa shape index (κ1) is 12.8. The molecule has 5 nitrogen and oxygen atoms in total. The third-order valence-corrected chi connectivity index (χ3v) is 2.60. The second-order valence-corrected chi connectivity index (χ2v) is 3.74. The van der Waals surface area contributed by atoms with E-state index in [4.69, 9.17) is 4.74 Å². The Balaban J connectivity index is 2.35. The third-order valence-electron chi connectivity index (χ3n) is 2.60. The van der Waals surface area contributed by atoms with Gasteiger partial charge in [0, 0.05) is 0 Å². The molecule has 0 fully saturated rings. The van der Waals surface area contributed by atoms with Crippen LogP contribution in [0.25, 0.3) is 11.1 Å². The number of methoxy groups -OCH3 is 1. The van der Waals surface area contributed by atoms with Crippen molar-refractivity contribution >= 4 is 12.0 Å². The Kier molecular flexibility index (Phi) is 4.23. The Bertz CT molecular complexity index is 582. The fraction of sp³-hybridized carbons (Fsp3) is 0.0714. The van der Waals surface area contributed by atoms with E-state index < -0.39 is 0 Å². The number of nitrogens with one attached hydrogen (secondary N) is 1. The molecule has 0 amide bonds. The smallest absolute Gasteiger partial charge is 0.180 e. The van der Waals surface area contributed by atoms with Gasteiger partial charge in [0.1, 0.15) is 5.75 Å². The van der Waals surface area contributed by atoms with E-state index in [2.05, 4.69) is 15.7 Å². The van der Waals surface area contributed by atoms with Gasteiger partial charge in [0.2, 0.25) is 0 Å². The normalized spacial score (nSPS) is 10.4. The highest BCUT2D eigenvalue weighted by Crippen LogP contribution is 2.30.